The Morgan fingerprint density at radius 3 is 1.08 bits per heavy atom. The van der Waals surface area contributed by atoms with Crippen molar-refractivity contribution >= 4 is 11.9 Å². The maximum Gasteiger partial charge on any atom is 0.305 e. The minimum absolute atomic E-state index is 0.00446. The van der Waals surface area contributed by atoms with Crippen LogP contribution in [0.1, 0.15) is 335 Å². The summed E-state index contributed by atoms with van der Waals surface area (Å²) in [5, 5.41) is 23.3. The summed E-state index contributed by atoms with van der Waals surface area (Å²) in [6, 6.07) is -0.547. The van der Waals surface area contributed by atoms with Crippen LogP contribution in [0.4, 0.5) is 0 Å². The summed E-state index contributed by atoms with van der Waals surface area (Å²) in [6.45, 7) is 4.95. The van der Waals surface area contributed by atoms with E-state index >= 15 is 0 Å². The lowest BCUT2D eigenvalue weighted by molar-refractivity contribution is -0.143. The molecule has 0 aromatic rings. The number of amides is 1. The highest BCUT2D eigenvalue weighted by Crippen LogP contribution is 2.18. The maximum atomic E-state index is 12.5. The number of carbonyl (C=O) groups is 2. The van der Waals surface area contributed by atoms with E-state index in [9.17, 15) is 19.8 Å². The average Bonchev–Trinajstić information content (AvgIpc) is 3.32. The van der Waals surface area contributed by atoms with Crippen molar-refractivity contribution in [3.63, 3.8) is 0 Å². The first kappa shape index (κ1) is 64.6. The van der Waals surface area contributed by atoms with E-state index in [1.165, 1.54) is 257 Å². The van der Waals surface area contributed by atoms with Gasteiger partial charge in [-0.1, -0.05) is 283 Å². The van der Waals surface area contributed by atoms with Crippen molar-refractivity contribution in [3.05, 3.63) is 12.2 Å². The van der Waals surface area contributed by atoms with Crippen LogP contribution in [-0.4, -0.2) is 47.4 Å². The van der Waals surface area contributed by atoms with Crippen molar-refractivity contribution in [2.45, 2.75) is 347 Å². The lowest BCUT2D eigenvalue weighted by Gasteiger charge is -2.22. The molecule has 0 aromatic heterocycles. The van der Waals surface area contributed by atoms with Crippen LogP contribution in [0.25, 0.3) is 0 Å². The molecular weight excluding hydrogens is 815 g/mol. The van der Waals surface area contributed by atoms with Crippen molar-refractivity contribution in [1.29, 1.82) is 0 Å². The quantitative estimate of drug-likeness (QED) is 0.0321. The monoisotopic (exact) mass is 932 g/mol. The third kappa shape index (κ3) is 52.0. The Bertz CT molecular complexity index is 986. The molecule has 0 saturated carbocycles. The molecule has 2 unspecified atom stereocenters. The van der Waals surface area contributed by atoms with Crippen LogP contribution >= 0.6 is 0 Å². The molecule has 0 aliphatic heterocycles. The first-order valence-electron chi connectivity index (χ1n) is 29.9. The zero-order chi connectivity index (χ0) is 47.9. The molecule has 6 nitrogen and oxygen atoms in total. The number of hydrogen-bond acceptors (Lipinski definition) is 5. The van der Waals surface area contributed by atoms with Crippen molar-refractivity contribution < 1.29 is 24.5 Å². The van der Waals surface area contributed by atoms with Gasteiger partial charge in [0.2, 0.25) is 5.91 Å². The minimum atomic E-state index is -0.669. The van der Waals surface area contributed by atoms with E-state index in [4.69, 9.17) is 4.74 Å². The molecule has 0 aliphatic carbocycles. The zero-order valence-corrected chi connectivity index (χ0v) is 44.7. The van der Waals surface area contributed by atoms with Crippen LogP contribution < -0.4 is 5.32 Å². The number of esters is 1. The van der Waals surface area contributed by atoms with Crippen molar-refractivity contribution in [2.24, 2.45) is 0 Å². The van der Waals surface area contributed by atoms with Crippen LogP contribution in [0, 0.1) is 0 Å². The molecule has 0 aliphatic rings. The molecule has 0 fully saturated rings. The maximum absolute atomic E-state index is 12.5. The fourth-order valence-electron chi connectivity index (χ4n) is 9.46. The molecule has 0 rings (SSSR count). The van der Waals surface area contributed by atoms with Gasteiger partial charge in [-0.3, -0.25) is 9.59 Å². The van der Waals surface area contributed by atoms with E-state index in [1.807, 2.05) is 0 Å². The molecule has 66 heavy (non-hydrogen) atoms. The molecular formula is C60H117NO5. The molecule has 1 amide bonds. The zero-order valence-electron chi connectivity index (χ0n) is 44.7. The van der Waals surface area contributed by atoms with Crippen molar-refractivity contribution in [2.75, 3.05) is 13.2 Å². The third-order valence-electron chi connectivity index (χ3n) is 14.1. The van der Waals surface area contributed by atoms with Crippen molar-refractivity contribution in [3.8, 4) is 0 Å². The Morgan fingerprint density at radius 2 is 0.712 bits per heavy atom. The van der Waals surface area contributed by atoms with Crippen LogP contribution in [-0.2, 0) is 14.3 Å². The number of ether oxygens (including phenoxy) is 1. The van der Waals surface area contributed by atoms with Gasteiger partial charge in [-0.2, -0.15) is 0 Å². The molecule has 0 spiro atoms. The molecule has 0 saturated heterocycles. The van der Waals surface area contributed by atoms with Gasteiger partial charge in [0, 0.05) is 12.8 Å². The molecule has 0 heterocycles. The summed E-state index contributed by atoms with van der Waals surface area (Å²) in [7, 11) is 0. The summed E-state index contributed by atoms with van der Waals surface area (Å²) < 4.78 is 5.47. The highest BCUT2D eigenvalue weighted by molar-refractivity contribution is 5.76. The smallest absolute Gasteiger partial charge is 0.305 e. The van der Waals surface area contributed by atoms with Gasteiger partial charge in [0.25, 0.3) is 0 Å². The normalized spacial score (nSPS) is 12.6. The van der Waals surface area contributed by atoms with Crippen LogP contribution in [0.15, 0.2) is 12.2 Å². The minimum Gasteiger partial charge on any atom is -0.466 e. The topological polar surface area (TPSA) is 95.9 Å². The second-order valence-corrected chi connectivity index (χ2v) is 20.7. The lowest BCUT2D eigenvalue weighted by atomic mass is 10.0. The average molecular weight is 933 g/mol. The Morgan fingerprint density at radius 1 is 0.409 bits per heavy atom. The number of carbonyl (C=O) groups excluding carboxylic acids is 2. The second kappa shape index (κ2) is 56.2. The third-order valence-corrected chi connectivity index (χ3v) is 14.1. The second-order valence-electron chi connectivity index (χ2n) is 20.7. The number of allylic oxidation sites excluding steroid dienone is 2. The first-order valence-corrected chi connectivity index (χ1v) is 29.9. The predicted molar refractivity (Wildman–Crippen MR) is 287 cm³/mol. The van der Waals surface area contributed by atoms with Gasteiger partial charge in [0.15, 0.2) is 0 Å². The highest BCUT2D eigenvalue weighted by atomic mass is 16.5. The summed E-state index contributed by atoms with van der Waals surface area (Å²) >= 11 is 0. The lowest BCUT2D eigenvalue weighted by Crippen LogP contribution is -2.45. The first-order chi connectivity index (χ1) is 32.5. The van der Waals surface area contributed by atoms with E-state index < -0.39 is 12.1 Å². The van der Waals surface area contributed by atoms with Crippen LogP contribution in [0.3, 0.4) is 0 Å². The van der Waals surface area contributed by atoms with Gasteiger partial charge in [-0.15, -0.1) is 0 Å². The molecule has 3 N–H and O–H groups in total. The molecule has 0 bridgehead atoms. The van der Waals surface area contributed by atoms with E-state index in [0.717, 1.165) is 44.9 Å². The van der Waals surface area contributed by atoms with E-state index in [-0.39, 0.29) is 18.5 Å². The Kier molecular flexibility index (Phi) is 55.0. The number of nitrogens with one attached hydrogen (secondary N) is 1. The van der Waals surface area contributed by atoms with Gasteiger partial charge >= 0.3 is 5.97 Å². The number of unbranched alkanes of at least 4 members (excludes halogenated alkanes) is 43. The van der Waals surface area contributed by atoms with E-state index in [1.54, 1.807) is 0 Å². The molecule has 0 aromatic carbocycles. The highest BCUT2D eigenvalue weighted by Gasteiger charge is 2.20. The summed E-state index contributed by atoms with van der Waals surface area (Å²) in [5.74, 6) is -0.0432. The van der Waals surface area contributed by atoms with Gasteiger partial charge < -0.3 is 20.3 Å². The van der Waals surface area contributed by atoms with E-state index in [0.29, 0.717) is 25.9 Å². The standard InChI is InChI=1S/C60H117NO5/c1-3-5-7-9-11-13-15-17-19-20-21-22-25-28-32-36-40-44-48-52-58(63)57(56-62)61-59(64)53-49-45-41-37-33-29-26-23-24-27-31-35-39-43-47-51-55-66-60(65)54-50-46-42-38-34-30-18-16-14-12-10-8-6-4-2/h16,18,57-58,62-63H,3-15,17,19-56H2,1-2H3,(H,61,64)/b18-16-. The van der Waals surface area contributed by atoms with Crippen molar-refractivity contribution in [1.82, 2.24) is 5.32 Å². The van der Waals surface area contributed by atoms with Crippen LogP contribution in [0.2, 0.25) is 0 Å². The summed E-state index contributed by atoms with van der Waals surface area (Å²) in [4.78, 5) is 24.5. The van der Waals surface area contributed by atoms with Gasteiger partial charge in [0.1, 0.15) is 0 Å². The fourth-order valence-corrected chi connectivity index (χ4v) is 9.46. The van der Waals surface area contributed by atoms with Gasteiger partial charge in [0.05, 0.1) is 25.4 Å². The summed E-state index contributed by atoms with van der Waals surface area (Å²) in [5.41, 5.74) is 0. The Balaban J connectivity index is 3.42. The largest absolute Gasteiger partial charge is 0.466 e. The molecule has 392 valence electrons. The predicted octanol–water partition coefficient (Wildman–Crippen LogP) is 18.5. The number of hydrogen-bond donors (Lipinski definition) is 3. The van der Waals surface area contributed by atoms with Crippen LogP contribution in [0.5, 0.6) is 0 Å². The molecule has 2 atom stereocenters. The number of aliphatic hydroxyl groups is 2. The van der Waals surface area contributed by atoms with Gasteiger partial charge in [-0.05, 0) is 51.4 Å². The fraction of sp³-hybridized carbons (Fsp3) is 0.933. The Hall–Kier alpha value is -1.40. The Labute approximate surface area is 412 Å². The number of aliphatic hydroxyl groups excluding tert-OH is 2. The SMILES string of the molecule is CCCCCCC/C=C\CCCCCCCC(=O)OCCCCCCCCCCCCCCCCCCC(=O)NC(CO)C(O)CCCCCCCCCCCCCCCCCCCCC. The molecule has 6 heteroatoms. The number of rotatable bonds is 56. The summed E-state index contributed by atoms with van der Waals surface area (Å²) in [6.07, 6.45) is 66.3. The van der Waals surface area contributed by atoms with E-state index in [2.05, 4.69) is 31.3 Å². The molecule has 0 radical (unpaired) electrons. The van der Waals surface area contributed by atoms with Gasteiger partial charge in [-0.25, -0.2) is 0 Å².